The van der Waals surface area contributed by atoms with Gasteiger partial charge in [0.2, 0.25) is 0 Å². The Balaban J connectivity index is 3.08. The smallest absolute Gasteiger partial charge is 0.330 e. The highest BCUT2D eigenvalue weighted by Crippen LogP contribution is 2.17. The third-order valence-corrected chi connectivity index (χ3v) is 4.11. The molecule has 0 saturated heterocycles. The highest BCUT2D eigenvalue weighted by atomic mass is 16.5. The number of allylic oxidation sites excluding steroid dienone is 2. The van der Waals surface area contributed by atoms with E-state index in [1.807, 2.05) is 38.1 Å². The van der Waals surface area contributed by atoms with E-state index in [9.17, 15) is 14.4 Å². The molecule has 30 heavy (non-hydrogen) atoms. The lowest BCUT2D eigenvalue weighted by molar-refractivity contribution is -0.138. The molecule has 1 rings (SSSR count). The van der Waals surface area contributed by atoms with Crippen molar-refractivity contribution in [1.29, 1.82) is 0 Å². The van der Waals surface area contributed by atoms with Gasteiger partial charge in [0.15, 0.2) is 0 Å². The first-order valence-corrected chi connectivity index (χ1v) is 10.1. The molecule has 0 bridgehead atoms. The Morgan fingerprint density at radius 1 is 0.933 bits per heavy atom. The van der Waals surface area contributed by atoms with E-state index in [2.05, 4.69) is 0 Å². The van der Waals surface area contributed by atoms with E-state index in [-0.39, 0.29) is 24.4 Å². The number of esters is 2. The molecule has 1 aromatic carbocycles. The molecule has 1 aromatic rings. The highest BCUT2D eigenvalue weighted by molar-refractivity contribution is 5.94. The fourth-order valence-electron chi connectivity index (χ4n) is 2.73. The van der Waals surface area contributed by atoms with Crippen LogP contribution in [-0.4, -0.2) is 48.5 Å². The first kappa shape index (κ1) is 24.9. The molecule has 0 aliphatic heterocycles. The van der Waals surface area contributed by atoms with E-state index >= 15 is 0 Å². The lowest BCUT2D eigenvalue weighted by atomic mass is 10.0. The van der Waals surface area contributed by atoms with Crippen LogP contribution >= 0.6 is 0 Å². The zero-order valence-corrected chi connectivity index (χ0v) is 18.1. The van der Waals surface area contributed by atoms with Gasteiger partial charge >= 0.3 is 11.9 Å². The van der Waals surface area contributed by atoms with Crippen LogP contribution in [0.3, 0.4) is 0 Å². The lowest BCUT2D eigenvalue weighted by Crippen LogP contribution is -2.42. The van der Waals surface area contributed by atoms with Gasteiger partial charge in [-0.25, -0.2) is 9.59 Å². The predicted octanol–water partition coefficient (Wildman–Crippen LogP) is 3.95. The van der Waals surface area contributed by atoms with Gasteiger partial charge in [-0.15, -0.1) is 0 Å². The molecule has 0 heterocycles. The molecule has 0 aliphatic carbocycles. The minimum atomic E-state index is -0.446. The molecule has 0 N–H and O–H groups in total. The summed E-state index contributed by atoms with van der Waals surface area (Å²) in [6, 6.07) is 8.72. The molecule has 0 saturated carbocycles. The normalized spacial score (nSPS) is 12.6. The van der Waals surface area contributed by atoms with Crippen LogP contribution in [0.2, 0.25) is 0 Å². The van der Waals surface area contributed by atoms with Gasteiger partial charge in [-0.1, -0.05) is 56.4 Å². The van der Waals surface area contributed by atoms with Crippen LogP contribution in [0, 0.1) is 5.92 Å². The average Bonchev–Trinajstić information content (AvgIpc) is 2.72. The Bertz CT molecular complexity index is 765. The van der Waals surface area contributed by atoms with E-state index in [0.29, 0.717) is 18.8 Å². The van der Waals surface area contributed by atoms with E-state index in [4.69, 9.17) is 9.47 Å². The first-order chi connectivity index (χ1) is 14.4. The van der Waals surface area contributed by atoms with Gasteiger partial charge in [-0.2, -0.15) is 0 Å². The van der Waals surface area contributed by atoms with Crippen molar-refractivity contribution in [3.8, 4) is 0 Å². The van der Waals surface area contributed by atoms with Gasteiger partial charge in [-0.05, 0) is 31.9 Å². The second-order valence-corrected chi connectivity index (χ2v) is 6.71. The van der Waals surface area contributed by atoms with E-state index in [0.717, 1.165) is 0 Å². The van der Waals surface area contributed by atoms with Crippen molar-refractivity contribution >= 4 is 17.8 Å². The maximum atomic E-state index is 13.2. The summed E-state index contributed by atoms with van der Waals surface area (Å²) in [7, 11) is 0. The molecule has 0 radical (unpaired) electrons. The monoisotopic (exact) mass is 413 g/mol. The largest absolute Gasteiger partial charge is 0.463 e. The summed E-state index contributed by atoms with van der Waals surface area (Å²) in [5.74, 6) is -0.917. The van der Waals surface area contributed by atoms with Crippen molar-refractivity contribution in [3.63, 3.8) is 0 Å². The van der Waals surface area contributed by atoms with Crippen LogP contribution < -0.4 is 0 Å². The molecule has 0 aromatic heterocycles. The summed E-state index contributed by atoms with van der Waals surface area (Å²) in [4.78, 5) is 37.9. The van der Waals surface area contributed by atoms with Crippen molar-refractivity contribution in [2.45, 2.75) is 33.7 Å². The van der Waals surface area contributed by atoms with E-state index in [1.54, 1.807) is 49.1 Å². The van der Waals surface area contributed by atoms with Crippen LogP contribution in [0.5, 0.6) is 0 Å². The number of benzene rings is 1. The zero-order valence-electron chi connectivity index (χ0n) is 18.1. The van der Waals surface area contributed by atoms with Crippen LogP contribution in [0.1, 0.15) is 38.1 Å². The molecule has 1 amide bonds. The molecule has 0 fully saturated rings. The molecular weight excluding hydrogens is 382 g/mol. The van der Waals surface area contributed by atoms with Crippen molar-refractivity contribution < 1.29 is 23.9 Å². The van der Waals surface area contributed by atoms with Gasteiger partial charge in [-0.3, -0.25) is 4.79 Å². The van der Waals surface area contributed by atoms with E-state index < -0.39 is 11.9 Å². The third-order valence-electron chi connectivity index (χ3n) is 4.11. The van der Waals surface area contributed by atoms with Crippen molar-refractivity contribution in [2.75, 3.05) is 19.8 Å². The number of amides is 1. The first-order valence-electron chi connectivity index (χ1n) is 10.1. The number of carbonyl (C=O) groups excluding carboxylic acids is 3. The topological polar surface area (TPSA) is 72.9 Å². The summed E-state index contributed by atoms with van der Waals surface area (Å²) in [6.45, 7) is 8.33. The van der Waals surface area contributed by atoms with Gasteiger partial charge < -0.3 is 14.4 Å². The Hall–Kier alpha value is -3.15. The molecule has 1 atom stereocenters. The fourth-order valence-corrected chi connectivity index (χ4v) is 2.73. The fraction of sp³-hybridized carbons (Fsp3) is 0.375. The minimum Gasteiger partial charge on any atom is -0.463 e. The molecule has 6 heteroatoms. The summed E-state index contributed by atoms with van der Waals surface area (Å²) in [6.07, 6.45) is 9.46. The molecule has 0 spiro atoms. The lowest BCUT2D eigenvalue weighted by Gasteiger charge is -2.32. The molecule has 0 aliphatic rings. The summed E-state index contributed by atoms with van der Waals surface area (Å²) < 4.78 is 9.76. The van der Waals surface area contributed by atoms with Crippen molar-refractivity contribution in [3.05, 3.63) is 72.4 Å². The number of hydrogen-bond acceptors (Lipinski definition) is 5. The number of rotatable bonds is 11. The predicted molar refractivity (Wildman–Crippen MR) is 117 cm³/mol. The SMILES string of the molecule is CCOC(=O)/C=C/C=C/[C@H](C(C)C)N(C/C=C/C(=O)OCC)C(=O)c1ccccc1. The number of carbonyl (C=O) groups is 3. The van der Waals surface area contributed by atoms with Crippen LogP contribution in [0.25, 0.3) is 0 Å². The van der Waals surface area contributed by atoms with Crippen LogP contribution in [0.4, 0.5) is 0 Å². The summed E-state index contributed by atoms with van der Waals surface area (Å²) in [5, 5.41) is 0. The summed E-state index contributed by atoms with van der Waals surface area (Å²) in [5.41, 5.74) is 0.558. The Kier molecular flexibility index (Phi) is 11.6. The van der Waals surface area contributed by atoms with Crippen LogP contribution in [0.15, 0.2) is 66.8 Å². The quantitative estimate of drug-likeness (QED) is 0.312. The Labute approximate surface area is 178 Å². The average molecular weight is 414 g/mol. The van der Waals surface area contributed by atoms with Gasteiger partial charge in [0.1, 0.15) is 0 Å². The highest BCUT2D eigenvalue weighted by Gasteiger charge is 2.24. The maximum Gasteiger partial charge on any atom is 0.330 e. The number of ether oxygens (including phenoxy) is 2. The maximum absolute atomic E-state index is 13.2. The molecule has 162 valence electrons. The second kappa shape index (κ2) is 13.9. The molecular formula is C24H31NO5. The Morgan fingerprint density at radius 2 is 1.53 bits per heavy atom. The minimum absolute atomic E-state index is 0.0981. The molecule has 6 nitrogen and oxygen atoms in total. The zero-order chi connectivity index (χ0) is 22.4. The van der Waals surface area contributed by atoms with Gasteiger partial charge in [0.05, 0.1) is 19.3 Å². The van der Waals surface area contributed by atoms with Crippen molar-refractivity contribution in [2.24, 2.45) is 5.92 Å². The van der Waals surface area contributed by atoms with Gasteiger partial charge in [0.25, 0.3) is 5.91 Å². The number of hydrogen-bond donors (Lipinski definition) is 0. The Morgan fingerprint density at radius 3 is 2.10 bits per heavy atom. The molecule has 0 unspecified atom stereocenters. The summed E-state index contributed by atoms with van der Waals surface area (Å²) >= 11 is 0. The standard InChI is InChI=1S/C24H31NO5/c1-5-29-22(26)16-11-10-15-21(19(3)4)25(18-12-17-23(27)30-6-2)24(28)20-13-8-7-9-14-20/h7-17,19,21H,5-6,18H2,1-4H3/b15-10+,16-11+,17-12+/t21-/m1/s1. The van der Waals surface area contributed by atoms with Crippen molar-refractivity contribution in [1.82, 2.24) is 4.90 Å². The van der Waals surface area contributed by atoms with E-state index in [1.165, 1.54) is 12.2 Å². The van der Waals surface area contributed by atoms with Crippen LogP contribution in [-0.2, 0) is 19.1 Å². The second-order valence-electron chi connectivity index (χ2n) is 6.71. The number of nitrogens with zero attached hydrogens (tertiary/aromatic N) is 1. The third kappa shape index (κ3) is 8.90. The van der Waals surface area contributed by atoms with Gasteiger partial charge in [0, 0.05) is 24.3 Å².